The smallest absolute Gasteiger partial charge is 0.415 e. The minimum Gasteiger partial charge on any atom is -0.441 e. The third-order valence-electron chi connectivity index (χ3n) is 6.86. The summed E-state index contributed by atoms with van der Waals surface area (Å²) in [5.41, 5.74) is 0.728. The predicted molar refractivity (Wildman–Crippen MR) is 140 cm³/mol. The molecule has 0 saturated heterocycles. The molecule has 0 aliphatic heterocycles. The maximum atomic E-state index is 13.0. The third-order valence-corrected chi connectivity index (χ3v) is 11.3. The van der Waals surface area contributed by atoms with Crippen molar-refractivity contribution in [2.24, 2.45) is 0 Å². The van der Waals surface area contributed by atoms with Crippen molar-refractivity contribution in [2.75, 3.05) is 0 Å². The first-order valence-electron chi connectivity index (χ1n) is 12.8. The molecule has 1 aliphatic rings. The number of carbonyl (C=O) groups is 2. The number of carbonyl (C=O) groups excluding carboxylic acids is 2. The number of ether oxygens (including phenoxy) is 2. The van der Waals surface area contributed by atoms with Gasteiger partial charge in [-0.05, 0) is 86.4 Å². The molecule has 0 aromatic carbocycles. The Morgan fingerprint density at radius 1 is 0.824 bits per heavy atom. The van der Waals surface area contributed by atoms with Crippen molar-refractivity contribution in [2.45, 2.75) is 144 Å². The maximum absolute atomic E-state index is 13.0. The molecular weight excluding hydrogens is 448 g/mol. The van der Waals surface area contributed by atoms with E-state index in [1.807, 2.05) is 55.4 Å². The first-order chi connectivity index (χ1) is 15.4. The number of hydrogen-bond acceptors (Lipinski definition) is 5. The molecule has 34 heavy (non-hydrogen) atoms. The van der Waals surface area contributed by atoms with E-state index in [0.717, 1.165) is 12.0 Å². The number of rotatable bonds is 8. The van der Waals surface area contributed by atoms with Crippen LogP contribution >= 0.6 is 0 Å². The van der Waals surface area contributed by atoms with Crippen LogP contribution < -0.4 is 0 Å². The van der Waals surface area contributed by atoms with Gasteiger partial charge < -0.3 is 23.7 Å². The predicted octanol–water partition coefficient (Wildman–Crippen LogP) is 6.93. The standard InChI is InChI=1S/C26H50N2O5Si/c1-17(2)27(18(3)4)24(29)31-16-21-22(32-25(30)28(19(5)6)20(7)8)14-15-23(21)33-34(12,13)26(9,10)11/h16-20,22-23H,14-15H2,1-13H3/b21-16+/t22-,23-/m1/s1. The summed E-state index contributed by atoms with van der Waals surface area (Å²) < 4.78 is 18.3. The van der Waals surface area contributed by atoms with Crippen LogP contribution in [-0.2, 0) is 13.9 Å². The fraction of sp³-hybridized carbons (Fsp3) is 0.846. The molecule has 0 heterocycles. The molecule has 0 N–H and O–H groups in total. The molecule has 1 rings (SSSR count). The van der Waals surface area contributed by atoms with E-state index in [9.17, 15) is 9.59 Å². The largest absolute Gasteiger partial charge is 0.441 e. The Morgan fingerprint density at radius 2 is 1.24 bits per heavy atom. The van der Waals surface area contributed by atoms with Crippen molar-refractivity contribution in [3.05, 3.63) is 11.8 Å². The van der Waals surface area contributed by atoms with Gasteiger partial charge in [-0.2, -0.15) is 0 Å². The summed E-state index contributed by atoms with van der Waals surface area (Å²) in [6, 6.07) is 0.0502. The van der Waals surface area contributed by atoms with E-state index in [1.165, 1.54) is 6.26 Å². The van der Waals surface area contributed by atoms with Gasteiger partial charge in [0.05, 0.1) is 6.10 Å². The van der Waals surface area contributed by atoms with Crippen LogP contribution in [0.2, 0.25) is 18.1 Å². The summed E-state index contributed by atoms with van der Waals surface area (Å²) >= 11 is 0. The molecule has 7 nitrogen and oxygen atoms in total. The highest BCUT2D eigenvalue weighted by atomic mass is 28.4. The molecule has 0 aromatic rings. The lowest BCUT2D eigenvalue weighted by atomic mass is 10.2. The van der Waals surface area contributed by atoms with Gasteiger partial charge in [-0.3, -0.25) is 0 Å². The van der Waals surface area contributed by atoms with Crippen LogP contribution in [0, 0.1) is 0 Å². The van der Waals surface area contributed by atoms with Gasteiger partial charge in [0.25, 0.3) is 0 Å². The van der Waals surface area contributed by atoms with Gasteiger partial charge >= 0.3 is 12.2 Å². The van der Waals surface area contributed by atoms with Crippen LogP contribution in [0.3, 0.4) is 0 Å². The second kappa shape index (κ2) is 11.9. The van der Waals surface area contributed by atoms with Gasteiger partial charge in [-0.15, -0.1) is 0 Å². The lowest BCUT2D eigenvalue weighted by molar-refractivity contribution is 0.0566. The molecule has 0 spiro atoms. The summed E-state index contributed by atoms with van der Waals surface area (Å²) in [6.45, 7) is 26.7. The number of amides is 2. The van der Waals surface area contributed by atoms with Gasteiger partial charge in [-0.25, -0.2) is 9.59 Å². The molecule has 0 unspecified atom stereocenters. The first-order valence-corrected chi connectivity index (χ1v) is 15.7. The van der Waals surface area contributed by atoms with E-state index in [-0.39, 0.29) is 41.4 Å². The molecule has 1 saturated carbocycles. The van der Waals surface area contributed by atoms with Crippen LogP contribution in [0.15, 0.2) is 11.8 Å². The Hall–Kier alpha value is -1.54. The van der Waals surface area contributed by atoms with Gasteiger partial charge in [0, 0.05) is 29.7 Å². The van der Waals surface area contributed by atoms with E-state index in [1.54, 1.807) is 9.80 Å². The summed E-state index contributed by atoms with van der Waals surface area (Å²) in [7, 11) is -2.10. The Balaban J connectivity index is 3.24. The molecule has 8 heteroatoms. The highest BCUT2D eigenvalue weighted by molar-refractivity contribution is 6.74. The average molecular weight is 499 g/mol. The molecule has 2 atom stereocenters. The average Bonchev–Trinajstić information content (AvgIpc) is 2.98. The van der Waals surface area contributed by atoms with Gasteiger partial charge in [0.2, 0.25) is 0 Å². The highest BCUT2D eigenvalue weighted by Crippen LogP contribution is 2.41. The van der Waals surface area contributed by atoms with Gasteiger partial charge in [0.15, 0.2) is 8.32 Å². The Kier molecular flexibility index (Phi) is 10.7. The normalized spacial score (nSPS) is 20.6. The Labute approximate surface area is 209 Å². The van der Waals surface area contributed by atoms with Crippen LogP contribution in [-0.4, -0.2) is 66.7 Å². The molecular formula is C26H50N2O5Si. The van der Waals surface area contributed by atoms with Crippen LogP contribution in [0.25, 0.3) is 0 Å². The molecule has 0 radical (unpaired) electrons. The SMILES string of the molecule is CC(C)N(C(=O)O/C=C1\[C@H](OC(=O)N(C(C)C)C(C)C)CC[C@H]1O[Si](C)(C)C(C)(C)C)C(C)C. The zero-order valence-electron chi connectivity index (χ0n) is 23.9. The van der Waals surface area contributed by atoms with Gasteiger partial charge in [0.1, 0.15) is 12.4 Å². The summed E-state index contributed by atoms with van der Waals surface area (Å²) in [5.74, 6) is 0. The van der Waals surface area contributed by atoms with Crippen molar-refractivity contribution in [3.8, 4) is 0 Å². The van der Waals surface area contributed by atoms with E-state index in [2.05, 4.69) is 33.9 Å². The van der Waals surface area contributed by atoms with Crippen molar-refractivity contribution in [3.63, 3.8) is 0 Å². The van der Waals surface area contributed by atoms with E-state index in [4.69, 9.17) is 13.9 Å². The summed E-state index contributed by atoms with van der Waals surface area (Å²) in [6.07, 6.45) is 1.34. The maximum Gasteiger partial charge on any atom is 0.415 e. The Bertz CT molecular complexity index is 709. The second-order valence-electron chi connectivity index (χ2n) is 12.0. The Morgan fingerprint density at radius 3 is 1.65 bits per heavy atom. The fourth-order valence-electron chi connectivity index (χ4n) is 4.18. The topological polar surface area (TPSA) is 68.3 Å². The van der Waals surface area contributed by atoms with Gasteiger partial charge in [-0.1, -0.05) is 20.8 Å². The highest BCUT2D eigenvalue weighted by Gasteiger charge is 2.44. The first kappa shape index (κ1) is 30.5. The summed E-state index contributed by atoms with van der Waals surface area (Å²) in [5, 5.41) is 0.0295. The minimum atomic E-state index is -2.10. The minimum absolute atomic E-state index is 0.00743. The molecule has 1 fully saturated rings. The molecule has 2 amide bonds. The zero-order valence-corrected chi connectivity index (χ0v) is 24.9. The fourth-order valence-corrected chi connectivity index (χ4v) is 5.50. The zero-order chi connectivity index (χ0) is 26.6. The summed E-state index contributed by atoms with van der Waals surface area (Å²) in [4.78, 5) is 29.3. The van der Waals surface area contributed by atoms with E-state index < -0.39 is 20.5 Å². The number of hydrogen-bond donors (Lipinski definition) is 0. The van der Waals surface area contributed by atoms with E-state index >= 15 is 0 Å². The quantitative estimate of drug-likeness (QED) is 0.268. The molecule has 1 aliphatic carbocycles. The van der Waals surface area contributed by atoms with E-state index in [0.29, 0.717) is 6.42 Å². The molecule has 198 valence electrons. The van der Waals surface area contributed by atoms with Crippen LogP contribution in [0.5, 0.6) is 0 Å². The third kappa shape index (κ3) is 7.73. The van der Waals surface area contributed by atoms with Crippen molar-refractivity contribution in [1.82, 2.24) is 9.80 Å². The van der Waals surface area contributed by atoms with Crippen molar-refractivity contribution in [1.29, 1.82) is 0 Å². The van der Waals surface area contributed by atoms with Crippen molar-refractivity contribution >= 4 is 20.5 Å². The monoisotopic (exact) mass is 498 g/mol. The second-order valence-corrected chi connectivity index (χ2v) is 16.8. The molecule has 0 aromatic heterocycles. The number of nitrogens with zero attached hydrogens (tertiary/aromatic N) is 2. The van der Waals surface area contributed by atoms with Crippen molar-refractivity contribution < 1.29 is 23.5 Å². The lowest BCUT2D eigenvalue weighted by Crippen LogP contribution is -2.45. The lowest BCUT2D eigenvalue weighted by Gasteiger charge is -2.39. The molecule has 0 bridgehead atoms. The van der Waals surface area contributed by atoms with Crippen LogP contribution in [0.4, 0.5) is 9.59 Å². The van der Waals surface area contributed by atoms with Crippen LogP contribution in [0.1, 0.15) is 89.0 Å².